The van der Waals surface area contributed by atoms with Crippen LogP contribution in [0.4, 0.5) is 0 Å². The smallest absolute Gasteiger partial charge is 0 e. The Balaban J connectivity index is -0.0000000133. The van der Waals surface area contributed by atoms with Crippen molar-refractivity contribution in [3.05, 3.63) is 0 Å². The summed E-state index contributed by atoms with van der Waals surface area (Å²) >= 11 is 0. The third-order valence-electron chi connectivity index (χ3n) is 0. The molecule has 0 atom stereocenters. The molecule has 0 saturated carbocycles. The molecule has 0 heterocycles. The summed E-state index contributed by atoms with van der Waals surface area (Å²) in [4.78, 5) is 21.6. The van der Waals surface area contributed by atoms with Gasteiger partial charge in [0.1, 0.15) is 0 Å². The van der Waals surface area contributed by atoms with Crippen molar-refractivity contribution in [2.45, 2.75) is 0 Å². The Morgan fingerprint density at radius 2 is 1.11 bits per heavy atom. The number of rotatable bonds is 0. The fraction of sp³-hybridized carbons (Fsp3) is 0. The minimum absolute atomic E-state index is 0. The van der Waals surface area contributed by atoms with Crippen LogP contribution in [-0.2, 0) is 24.0 Å². The van der Waals surface area contributed by atoms with Gasteiger partial charge in [-0.1, -0.05) is 0 Å². The van der Waals surface area contributed by atoms with E-state index in [-0.39, 0.29) is 108 Å². The van der Waals surface area contributed by atoms with E-state index in [4.69, 9.17) is 19.2 Å². The number of hydrogen-bond acceptors (Lipinski definition) is 1. The minimum atomic E-state index is -4.64. The van der Waals surface area contributed by atoms with Gasteiger partial charge in [0.15, 0.2) is 0 Å². The van der Waals surface area contributed by atoms with Crippen LogP contribution in [0.1, 0.15) is 0 Å². The summed E-state index contributed by atoms with van der Waals surface area (Å²) in [6, 6.07) is 0. The Kier molecular flexibility index (Phi) is 45.7. The summed E-state index contributed by atoms with van der Waals surface area (Å²) in [5.74, 6) is 0. The molecular weight excluding hydrogens is 304 g/mol. The Morgan fingerprint density at radius 3 is 1.11 bits per heavy atom. The molecule has 0 spiro atoms. The molecule has 0 unspecified atom stereocenters. The number of phosphoric acid groups is 1. The van der Waals surface area contributed by atoms with Gasteiger partial charge >= 0.3 is 91.0 Å². The van der Waals surface area contributed by atoms with Gasteiger partial charge in [0.05, 0.1) is 0 Å². The van der Waals surface area contributed by atoms with E-state index in [0.717, 1.165) is 0 Å². The van der Waals surface area contributed by atoms with Crippen molar-refractivity contribution in [2.75, 3.05) is 0 Å². The normalized spacial score (nSPS) is 6.56. The van der Waals surface area contributed by atoms with Gasteiger partial charge in [0.2, 0.25) is 0 Å². The van der Waals surface area contributed by atoms with E-state index < -0.39 is 7.82 Å². The molecule has 0 bridgehead atoms. The van der Waals surface area contributed by atoms with Gasteiger partial charge in [-0.2, -0.15) is 0 Å². The second-order valence-electron chi connectivity index (χ2n) is 0.513. The maximum Gasteiger partial charge on any atom is 0 e. The Bertz CT molecular complexity index is 63.1. The van der Waals surface area contributed by atoms with E-state index in [1.54, 1.807) is 0 Å². The molecule has 0 fully saturated rings. The SMILES string of the molecule is O.O=P(O)(O)O.[CaH2].[SrH2].[Zn]. The summed E-state index contributed by atoms with van der Waals surface area (Å²) in [5.41, 5.74) is 0. The van der Waals surface area contributed by atoms with E-state index in [0.29, 0.717) is 0 Å². The topological polar surface area (TPSA) is 109 Å². The van der Waals surface area contributed by atoms with Crippen molar-refractivity contribution in [1.82, 2.24) is 0 Å². The van der Waals surface area contributed by atoms with E-state index in [1.807, 2.05) is 0 Å². The van der Waals surface area contributed by atoms with E-state index in [9.17, 15) is 0 Å². The molecule has 0 saturated heterocycles. The van der Waals surface area contributed by atoms with Crippen molar-refractivity contribution in [1.29, 1.82) is 0 Å². The van der Waals surface area contributed by atoms with Crippen LogP contribution in [0, 0.1) is 0 Å². The zero-order valence-electron chi connectivity index (χ0n) is 3.40. The molecule has 0 aromatic heterocycles. The van der Waals surface area contributed by atoms with E-state index >= 15 is 0 Å². The third-order valence-corrected chi connectivity index (χ3v) is 0. The maximum absolute atomic E-state index is 8.88. The van der Waals surface area contributed by atoms with Crippen LogP contribution < -0.4 is 0 Å². The van der Waals surface area contributed by atoms with Crippen molar-refractivity contribution < 1.29 is 44.2 Å². The average Bonchev–Trinajstić information content (AvgIpc) is 0.722. The van der Waals surface area contributed by atoms with Crippen molar-refractivity contribution in [3.8, 4) is 0 Å². The molecule has 0 aliphatic heterocycles. The quantitative estimate of drug-likeness (QED) is 0.317. The molecule has 0 aliphatic rings. The van der Waals surface area contributed by atoms with Crippen LogP contribution in [-0.4, -0.2) is 103 Å². The zero-order chi connectivity index (χ0) is 4.50. The molecule has 50 valence electrons. The molecule has 0 aromatic carbocycles. The summed E-state index contributed by atoms with van der Waals surface area (Å²) < 4.78 is 8.88. The third kappa shape index (κ3) is 86.3. The Morgan fingerprint density at radius 1 is 1.11 bits per heavy atom. The molecule has 9 heavy (non-hydrogen) atoms. The van der Waals surface area contributed by atoms with E-state index in [1.165, 1.54) is 0 Å². The molecule has 0 rings (SSSR count). The van der Waals surface area contributed by atoms with Crippen LogP contribution in [0.15, 0.2) is 0 Å². The van der Waals surface area contributed by atoms with Gasteiger partial charge in [0, 0.05) is 19.5 Å². The largest absolute Gasteiger partial charge is 0 e. The van der Waals surface area contributed by atoms with E-state index in [2.05, 4.69) is 0 Å². The summed E-state index contributed by atoms with van der Waals surface area (Å²) in [5, 5.41) is 0. The van der Waals surface area contributed by atoms with Crippen molar-refractivity contribution >= 4 is 91.0 Å². The standard InChI is InChI=1S/Ca.H3O4P.H2O.Sr.Zn.4H/c;1-5(2,3)4;;;;;;;/h;(H3,1,2,3,4);1H2;;;;;;. The fourth-order valence-electron chi connectivity index (χ4n) is 0. The first-order chi connectivity index (χ1) is 2.00. The molecule has 0 amide bonds. The predicted octanol–water partition coefficient (Wildman–Crippen LogP) is -3.59. The van der Waals surface area contributed by atoms with Crippen LogP contribution in [0.3, 0.4) is 0 Å². The summed E-state index contributed by atoms with van der Waals surface area (Å²) in [7, 11) is -4.64. The number of hydrogen-bond donors (Lipinski definition) is 3. The first kappa shape index (κ1) is 29.4. The van der Waals surface area contributed by atoms with Gasteiger partial charge in [0.25, 0.3) is 0 Å². The van der Waals surface area contributed by atoms with Gasteiger partial charge in [-0.05, 0) is 0 Å². The molecule has 0 aromatic rings. The molecule has 0 radical (unpaired) electrons. The Labute approximate surface area is 132 Å². The average molecular weight is 313 g/mol. The van der Waals surface area contributed by atoms with Crippen LogP contribution >= 0.6 is 7.82 Å². The summed E-state index contributed by atoms with van der Waals surface area (Å²) in [6.07, 6.45) is 0. The molecule has 9 heteroatoms. The second-order valence-corrected chi connectivity index (χ2v) is 1.54. The second kappa shape index (κ2) is 14.0. The monoisotopic (exact) mass is 312 g/mol. The van der Waals surface area contributed by atoms with Crippen molar-refractivity contribution in [3.63, 3.8) is 0 Å². The zero-order valence-corrected chi connectivity index (χ0v) is 7.27. The minimum Gasteiger partial charge on any atom is 0 e. The fourth-order valence-corrected chi connectivity index (χ4v) is 0. The van der Waals surface area contributed by atoms with Crippen LogP contribution in [0.2, 0.25) is 0 Å². The molecule has 0 aliphatic carbocycles. The predicted molar refractivity (Wildman–Crippen MR) is 35.0 cm³/mol. The van der Waals surface area contributed by atoms with Crippen LogP contribution in [0.25, 0.3) is 0 Å². The molecule has 5 nitrogen and oxygen atoms in total. The van der Waals surface area contributed by atoms with Gasteiger partial charge in [-0.3, -0.25) is 0 Å². The van der Waals surface area contributed by atoms with Gasteiger partial charge in [-0.15, -0.1) is 0 Å². The van der Waals surface area contributed by atoms with Crippen molar-refractivity contribution in [2.24, 2.45) is 0 Å². The van der Waals surface area contributed by atoms with Gasteiger partial charge in [-0.25, -0.2) is 4.57 Å². The Hall–Kier alpha value is 3.43. The first-order valence-corrected chi connectivity index (χ1v) is 2.35. The summed E-state index contributed by atoms with van der Waals surface area (Å²) in [6.45, 7) is 0. The first-order valence-electron chi connectivity index (χ1n) is 0.783. The van der Waals surface area contributed by atoms with Crippen LogP contribution in [0.5, 0.6) is 0 Å². The maximum atomic E-state index is 8.88. The molecular formula is H9CaO5PSrZn. The molecule has 5 N–H and O–H groups in total. The van der Waals surface area contributed by atoms with Gasteiger partial charge < -0.3 is 20.2 Å².